The quantitative estimate of drug-likeness (QED) is 0.597. The zero-order valence-electron chi connectivity index (χ0n) is 14.9. The van der Waals surface area contributed by atoms with Crippen molar-refractivity contribution in [1.82, 2.24) is 0 Å². The van der Waals surface area contributed by atoms with Gasteiger partial charge < -0.3 is 9.05 Å². The highest BCUT2D eigenvalue weighted by Crippen LogP contribution is 2.55. The van der Waals surface area contributed by atoms with Crippen LogP contribution in [0.1, 0.15) is 0 Å². The molecule has 3 aromatic rings. The summed E-state index contributed by atoms with van der Waals surface area (Å²) in [5, 5.41) is 3.31. The zero-order chi connectivity index (χ0) is 18.5. The van der Waals surface area contributed by atoms with Gasteiger partial charge >= 0.3 is 7.60 Å². The Bertz CT molecular complexity index is 827. The number of benzene rings is 3. The van der Waals surface area contributed by atoms with Crippen molar-refractivity contribution in [2.24, 2.45) is 0 Å². The van der Waals surface area contributed by atoms with E-state index in [-0.39, 0.29) is 0 Å². The molecule has 0 radical (unpaired) electrons. The van der Waals surface area contributed by atoms with Crippen LogP contribution in [0.2, 0.25) is 0 Å². The number of hydrogen-bond donors (Lipinski definition) is 0. The summed E-state index contributed by atoms with van der Waals surface area (Å²) in [6, 6.07) is 30.5. The summed E-state index contributed by atoms with van der Waals surface area (Å²) in [4.78, 5) is 0. The molecule has 3 aromatic carbocycles. The topological polar surface area (TPSA) is 35.5 Å². The van der Waals surface area contributed by atoms with Crippen molar-refractivity contribution in [3.63, 3.8) is 0 Å². The third-order valence-corrected chi connectivity index (χ3v) is 11.2. The molecular formula is C21H22O3P2. The molecule has 3 nitrogen and oxygen atoms in total. The Balaban J connectivity index is 2.48. The first-order chi connectivity index (χ1) is 12.6. The molecule has 0 saturated carbocycles. The molecule has 0 atom stereocenters. The molecule has 0 unspecified atom stereocenters. The molecule has 0 heterocycles. The predicted molar refractivity (Wildman–Crippen MR) is 113 cm³/mol. The number of hydrogen-bond acceptors (Lipinski definition) is 3. The van der Waals surface area contributed by atoms with Crippen LogP contribution in [0.15, 0.2) is 91.0 Å². The molecular weight excluding hydrogens is 362 g/mol. The van der Waals surface area contributed by atoms with Gasteiger partial charge in [0.05, 0.1) is 0 Å². The normalized spacial score (nSPS) is 11.9. The molecule has 3 rings (SSSR count). The second kappa shape index (κ2) is 8.20. The summed E-state index contributed by atoms with van der Waals surface area (Å²) in [5.41, 5.74) is 1.82. The van der Waals surface area contributed by atoms with Crippen LogP contribution in [0.25, 0.3) is 0 Å². The Kier molecular flexibility index (Phi) is 5.96. The van der Waals surface area contributed by atoms with Crippen LogP contribution in [-0.4, -0.2) is 19.8 Å². The van der Waals surface area contributed by atoms with Crippen LogP contribution in [0, 0.1) is 0 Å². The Hall–Kier alpha value is -1.89. The minimum absolute atomic E-state index is 1.10. The molecule has 0 aliphatic rings. The maximum absolute atomic E-state index is 13.2. The van der Waals surface area contributed by atoms with E-state index in [4.69, 9.17) is 9.05 Å². The van der Waals surface area contributed by atoms with Gasteiger partial charge in [0.25, 0.3) is 0 Å². The molecule has 0 aliphatic heterocycles. The van der Waals surface area contributed by atoms with Gasteiger partial charge in [-0.15, -0.1) is 0 Å². The van der Waals surface area contributed by atoms with Crippen molar-refractivity contribution in [3.05, 3.63) is 91.0 Å². The molecule has 0 aromatic heterocycles. The van der Waals surface area contributed by atoms with E-state index in [1.54, 1.807) is 0 Å². The fraction of sp³-hybridized carbons (Fsp3) is 0.0952. The molecule has 0 saturated heterocycles. The van der Waals surface area contributed by atoms with Crippen molar-refractivity contribution in [2.75, 3.05) is 14.2 Å². The molecule has 0 aliphatic carbocycles. The van der Waals surface area contributed by atoms with Gasteiger partial charge in [0.1, 0.15) is 0 Å². The van der Waals surface area contributed by atoms with Crippen molar-refractivity contribution >= 4 is 35.9 Å². The standard InChI is InChI=1S/C21H22O3P2/c1-23-26(22,24-2)18-25(19-12-6-3-7-13-19,20-14-8-4-9-15-20)21-16-10-5-11-17-21/h3-18H,1-2H3. The van der Waals surface area contributed by atoms with Crippen LogP contribution in [0.5, 0.6) is 0 Å². The Labute approximate surface area is 155 Å². The lowest BCUT2D eigenvalue weighted by atomic mass is 10.4. The van der Waals surface area contributed by atoms with Crippen LogP contribution in [0.4, 0.5) is 0 Å². The van der Waals surface area contributed by atoms with Crippen molar-refractivity contribution in [1.29, 1.82) is 0 Å². The van der Waals surface area contributed by atoms with Gasteiger partial charge in [0.15, 0.2) is 0 Å². The maximum Gasteiger partial charge on any atom is 0.354 e. The zero-order valence-corrected chi connectivity index (χ0v) is 16.6. The Morgan fingerprint density at radius 2 is 0.923 bits per heavy atom. The molecule has 0 spiro atoms. The van der Waals surface area contributed by atoms with Crippen molar-refractivity contribution in [2.45, 2.75) is 0 Å². The average Bonchev–Trinajstić information content (AvgIpc) is 2.74. The van der Waals surface area contributed by atoms with E-state index in [9.17, 15) is 4.57 Å². The van der Waals surface area contributed by atoms with Gasteiger partial charge in [-0.3, -0.25) is 4.57 Å². The average molecular weight is 384 g/mol. The third kappa shape index (κ3) is 3.63. The van der Waals surface area contributed by atoms with Crippen molar-refractivity contribution < 1.29 is 13.6 Å². The molecule has 0 amide bonds. The second-order valence-corrected chi connectivity index (χ2v) is 11.5. The second-order valence-electron chi connectivity index (χ2n) is 5.75. The molecule has 0 fully saturated rings. The SMILES string of the molecule is COP(=O)(C=P(c1ccccc1)(c1ccccc1)c1ccccc1)OC. The van der Waals surface area contributed by atoms with Crippen LogP contribution in [-0.2, 0) is 13.6 Å². The molecule has 26 heavy (non-hydrogen) atoms. The van der Waals surface area contributed by atoms with Crippen LogP contribution < -0.4 is 15.9 Å². The summed E-state index contributed by atoms with van der Waals surface area (Å²) in [6.07, 6.45) is 0. The van der Waals surface area contributed by atoms with E-state index in [0.29, 0.717) is 0 Å². The molecule has 0 N–H and O–H groups in total. The van der Waals surface area contributed by atoms with E-state index in [1.165, 1.54) is 14.2 Å². The first kappa shape index (κ1) is 18.9. The van der Waals surface area contributed by atoms with Gasteiger partial charge in [-0.05, 0) is 22.8 Å². The van der Waals surface area contributed by atoms with E-state index in [2.05, 4.69) is 36.4 Å². The predicted octanol–water partition coefficient (Wildman–Crippen LogP) is 4.23. The van der Waals surface area contributed by atoms with Gasteiger partial charge in [-0.2, -0.15) is 0 Å². The smallest absolute Gasteiger partial charge is 0.309 e. The highest BCUT2D eigenvalue weighted by atomic mass is 31.2. The van der Waals surface area contributed by atoms with Gasteiger partial charge in [0, 0.05) is 19.8 Å². The number of rotatable bonds is 6. The summed E-state index contributed by atoms with van der Waals surface area (Å²) in [7, 11) is -0.521. The Morgan fingerprint density at radius 1 is 0.615 bits per heavy atom. The largest absolute Gasteiger partial charge is 0.354 e. The molecule has 5 heteroatoms. The monoisotopic (exact) mass is 384 g/mol. The summed E-state index contributed by atoms with van der Waals surface area (Å²) < 4.78 is 23.8. The highest BCUT2D eigenvalue weighted by molar-refractivity contribution is 8.03. The Morgan fingerprint density at radius 3 is 1.19 bits per heavy atom. The van der Waals surface area contributed by atoms with Gasteiger partial charge in [0.2, 0.25) is 0 Å². The summed E-state index contributed by atoms with van der Waals surface area (Å²) >= 11 is 0. The summed E-state index contributed by atoms with van der Waals surface area (Å²) in [5.74, 6) is 0. The third-order valence-electron chi connectivity index (χ3n) is 4.31. The van der Waals surface area contributed by atoms with Gasteiger partial charge in [-0.1, -0.05) is 91.0 Å². The van der Waals surface area contributed by atoms with E-state index in [1.807, 2.05) is 60.1 Å². The minimum atomic E-state index is -3.37. The highest BCUT2D eigenvalue weighted by Gasteiger charge is 2.31. The molecule has 134 valence electrons. The minimum Gasteiger partial charge on any atom is -0.309 e. The van der Waals surface area contributed by atoms with Crippen LogP contribution >= 0.6 is 14.5 Å². The van der Waals surface area contributed by atoms with Gasteiger partial charge in [-0.25, -0.2) is 0 Å². The van der Waals surface area contributed by atoms with E-state index in [0.717, 1.165) is 15.9 Å². The van der Waals surface area contributed by atoms with Crippen LogP contribution in [0.3, 0.4) is 0 Å². The first-order valence-electron chi connectivity index (χ1n) is 8.28. The lowest BCUT2D eigenvalue weighted by molar-refractivity contribution is 0.292. The fourth-order valence-electron chi connectivity index (χ4n) is 3.02. The van der Waals surface area contributed by atoms with E-state index >= 15 is 0 Å². The lowest BCUT2D eigenvalue weighted by Crippen LogP contribution is -2.27. The lowest BCUT2D eigenvalue weighted by Gasteiger charge is -2.29. The van der Waals surface area contributed by atoms with E-state index < -0.39 is 14.5 Å². The van der Waals surface area contributed by atoms with Crippen molar-refractivity contribution in [3.8, 4) is 0 Å². The first-order valence-corrected chi connectivity index (χ1v) is 11.8. The maximum atomic E-state index is 13.2. The summed E-state index contributed by atoms with van der Waals surface area (Å²) in [6.45, 7) is -2.35. The fourth-order valence-corrected chi connectivity index (χ4v) is 10.0. The molecule has 0 bridgehead atoms.